The van der Waals surface area contributed by atoms with Crippen molar-refractivity contribution in [2.45, 2.75) is 91.0 Å². The Kier molecular flexibility index (Phi) is 11.0. The molecule has 0 radical (unpaired) electrons. The first-order valence-electron chi connectivity index (χ1n) is 19.9. The van der Waals surface area contributed by atoms with Crippen LogP contribution < -0.4 is 10.6 Å². The summed E-state index contributed by atoms with van der Waals surface area (Å²) in [5.74, 6) is 0.169. The second-order valence-electron chi connectivity index (χ2n) is 17.4. The topological polar surface area (TPSA) is 124 Å². The van der Waals surface area contributed by atoms with Crippen molar-refractivity contribution >= 4 is 35.3 Å². The Morgan fingerprint density at radius 2 is 1.60 bits per heavy atom. The minimum Gasteiger partial charge on any atom is -0.444 e. The predicted octanol–water partition coefficient (Wildman–Crippen LogP) is 7.02. The number of pyridine rings is 1. The summed E-state index contributed by atoms with van der Waals surface area (Å²) >= 11 is 0. The third kappa shape index (κ3) is 8.73. The summed E-state index contributed by atoms with van der Waals surface area (Å²) in [5.41, 5.74) is 5.74. The van der Waals surface area contributed by atoms with Crippen molar-refractivity contribution in [3.05, 3.63) is 124 Å². The first-order chi connectivity index (χ1) is 27.1. The van der Waals surface area contributed by atoms with Gasteiger partial charge in [-0.3, -0.25) is 19.3 Å². The number of nitrogens with one attached hydrogen (secondary N) is 2. The summed E-state index contributed by atoms with van der Waals surface area (Å²) in [7, 11) is 1.69. The first-order valence-corrected chi connectivity index (χ1v) is 19.9. The number of aryl methyl sites for hydroxylation is 1. The van der Waals surface area contributed by atoms with Gasteiger partial charge in [-0.05, 0) is 112 Å². The second-order valence-corrected chi connectivity index (χ2v) is 17.4. The molecular weight excluding hydrogens is 717 g/mol. The monoisotopic (exact) mass is 770 g/mol. The molecule has 1 fully saturated rings. The molecule has 4 aromatic rings. The largest absolute Gasteiger partial charge is 0.444 e. The zero-order valence-electron chi connectivity index (χ0n) is 34.0. The maximum absolute atomic E-state index is 14.7. The van der Waals surface area contributed by atoms with E-state index in [1.165, 1.54) is 16.0 Å². The standard InChI is InChI=1S/C46H54N6O5/c1-31-13-15-32(16-14-31)27-51-22-19-45(5,20-23-51)42(55)52(29-35-11-8-7-10-34(35)28-50(6)43(56)57-44(2,3)4)30-39(53)48-37-18-17-33-25-46(26-36(33)24-37)38-12-9-21-47-40(38)49-41(46)54/h7-18,21,24H,19-20,22-23,25-30H2,1-6H3,(H,48,53)(H,47,49,54)/t46-/m1/s1. The number of rotatable bonds is 10. The van der Waals surface area contributed by atoms with Crippen molar-refractivity contribution in [3.8, 4) is 0 Å². The number of likely N-dealkylation sites (tertiary alicyclic amines) is 1. The third-order valence-electron chi connectivity index (χ3n) is 11.7. The number of aromatic nitrogens is 1. The van der Waals surface area contributed by atoms with Gasteiger partial charge in [0.15, 0.2) is 0 Å². The zero-order chi connectivity index (χ0) is 40.5. The van der Waals surface area contributed by atoms with E-state index >= 15 is 0 Å². The molecule has 0 saturated carbocycles. The number of benzene rings is 3. The number of nitrogens with zero attached hydrogens (tertiary/aromatic N) is 4. The normalized spacial score (nSPS) is 18.4. The Balaban J connectivity index is 1.08. The van der Waals surface area contributed by atoms with Gasteiger partial charge in [-0.25, -0.2) is 9.78 Å². The number of carbonyl (C=O) groups is 4. The minimum absolute atomic E-state index is 0.0563. The maximum Gasteiger partial charge on any atom is 0.410 e. The van der Waals surface area contributed by atoms with Crippen LogP contribution in [0.1, 0.15) is 79.5 Å². The highest BCUT2D eigenvalue weighted by atomic mass is 16.6. The molecule has 2 aliphatic heterocycles. The number of piperidine rings is 1. The lowest BCUT2D eigenvalue weighted by atomic mass is 9.78. The van der Waals surface area contributed by atoms with E-state index in [4.69, 9.17) is 4.74 Å². The molecule has 1 spiro atoms. The fourth-order valence-electron chi connectivity index (χ4n) is 8.40. The van der Waals surface area contributed by atoms with Gasteiger partial charge in [-0.1, -0.05) is 73.2 Å². The van der Waals surface area contributed by atoms with Crippen molar-refractivity contribution in [2.24, 2.45) is 5.41 Å². The van der Waals surface area contributed by atoms with Crippen LogP contribution in [-0.4, -0.2) is 75.8 Å². The molecule has 11 heteroatoms. The van der Waals surface area contributed by atoms with E-state index in [-0.39, 0.29) is 37.4 Å². The van der Waals surface area contributed by atoms with Crippen LogP contribution in [0.5, 0.6) is 0 Å². The number of hydrogen-bond acceptors (Lipinski definition) is 7. The maximum atomic E-state index is 14.7. The molecule has 2 N–H and O–H groups in total. The number of carbonyl (C=O) groups excluding carboxylic acids is 4. The zero-order valence-corrected chi connectivity index (χ0v) is 34.0. The smallest absolute Gasteiger partial charge is 0.410 e. The van der Waals surface area contributed by atoms with Crippen LogP contribution in [0.15, 0.2) is 85.1 Å². The van der Waals surface area contributed by atoms with Crippen LogP contribution in [-0.2, 0) is 57.0 Å². The molecule has 7 rings (SSSR count). The number of ether oxygens (including phenoxy) is 1. The lowest BCUT2D eigenvalue weighted by Crippen LogP contribution is -2.50. The Bertz CT molecular complexity index is 2170. The third-order valence-corrected chi connectivity index (χ3v) is 11.7. The molecule has 1 atom stereocenters. The molecule has 57 heavy (non-hydrogen) atoms. The van der Waals surface area contributed by atoms with E-state index in [9.17, 15) is 19.2 Å². The molecule has 0 unspecified atom stereocenters. The summed E-state index contributed by atoms with van der Waals surface area (Å²) in [6.07, 6.45) is 3.64. The van der Waals surface area contributed by atoms with E-state index in [0.29, 0.717) is 37.2 Å². The fraction of sp³-hybridized carbons (Fsp3) is 0.413. The highest BCUT2D eigenvalue weighted by Gasteiger charge is 2.51. The fourth-order valence-corrected chi connectivity index (χ4v) is 8.40. The lowest BCUT2D eigenvalue weighted by molar-refractivity contribution is -0.146. The highest BCUT2D eigenvalue weighted by Crippen LogP contribution is 2.47. The molecule has 3 aliphatic rings. The summed E-state index contributed by atoms with van der Waals surface area (Å²) < 4.78 is 5.60. The molecule has 11 nitrogen and oxygen atoms in total. The second kappa shape index (κ2) is 15.8. The van der Waals surface area contributed by atoms with E-state index in [0.717, 1.165) is 47.5 Å². The van der Waals surface area contributed by atoms with Crippen LogP contribution in [0.25, 0.3) is 0 Å². The van der Waals surface area contributed by atoms with Gasteiger partial charge in [-0.15, -0.1) is 0 Å². The first kappa shape index (κ1) is 39.7. The molecule has 1 aromatic heterocycles. The van der Waals surface area contributed by atoms with Crippen molar-refractivity contribution < 1.29 is 23.9 Å². The van der Waals surface area contributed by atoms with Gasteiger partial charge in [0, 0.05) is 49.5 Å². The number of hydrogen-bond donors (Lipinski definition) is 2. The van der Waals surface area contributed by atoms with Gasteiger partial charge in [0.05, 0.1) is 5.41 Å². The van der Waals surface area contributed by atoms with Gasteiger partial charge in [0.25, 0.3) is 0 Å². The van der Waals surface area contributed by atoms with Gasteiger partial charge < -0.3 is 25.2 Å². The highest BCUT2D eigenvalue weighted by molar-refractivity contribution is 6.06. The van der Waals surface area contributed by atoms with E-state index in [1.807, 2.05) is 82.3 Å². The summed E-state index contributed by atoms with van der Waals surface area (Å²) in [6, 6.07) is 25.9. The van der Waals surface area contributed by atoms with Gasteiger partial charge >= 0.3 is 6.09 Å². The van der Waals surface area contributed by atoms with Crippen LogP contribution in [0, 0.1) is 12.3 Å². The molecule has 0 bridgehead atoms. The Hall–Kier alpha value is -5.55. The van der Waals surface area contributed by atoms with E-state index < -0.39 is 22.5 Å². The molecule has 1 saturated heterocycles. The predicted molar refractivity (Wildman–Crippen MR) is 220 cm³/mol. The molecule has 3 heterocycles. The van der Waals surface area contributed by atoms with Gasteiger partial charge in [0.1, 0.15) is 18.0 Å². The lowest BCUT2D eigenvalue weighted by Gasteiger charge is -2.41. The van der Waals surface area contributed by atoms with Crippen LogP contribution in [0.4, 0.5) is 16.3 Å². The molecule has 1 aliphatic carbocycles. The summed E-state index contributed by atoms with van der Waals surface area (Å²) in [5, 5.41) is 6.02. The van der Waals surface area contributed by atoms with Gasteiger partial charge in [0.2, 0.25) is 17.7 Å². The Morgan fingerprint density at radius 3 is 2.30 bits per heavy atom. The van der Waals surface area contributed by atoms with Crippen molar-refractivity contribution in [2.75, 3.05) is 37.3 Å². The quantitative estimate of drug-likeness (QED) is 0.178. The minimum atomic E-state index is -0.714. The van der Waals surface area contributed by atoms with Crippen LogP contribution in [0.3, 0.4) is 0 Å². The van der Waals surface area contributed by atoms with E-state index in [2.05, 4.69) is 51.7 Å². The SMILES string of the molecule is Cc1ccc(CN2CCC(C)(C(=O)N(CC(=O)Nc3ccc4c(c3)C[C@@]3(C4)C(=O)Nc4ncccc43)Cc3ccccc3CN(C)C(=O)OC(C)(C)C)CC2)cc1. The summed E-state index contributed by atoms with van der Waals surface area (Å²) in [4.78, 5) is 64.9. The van der Waals surface area contributed by atoms with Crippen LogP contribution >= 0.6 is 0 Å². The van der Waals surface area contributed by atoms with Crippen molar-refractivity contribution in [3.63, 3.8) is 0 Å². The molecule has 3 aromatic carbocycles. The number of fused-ring (bicyclic) bond motifs is 3. The molecular formula is C46H54N6O5. The molecule has 298 valence electrons. The average molecular weight is 771 g/mol. The summed E-state index contributed by atoms with van der Waals surface area (Å²) in [6.45, 7) is 12.3. The van der Waals surface area contributed by atoms with Crippen molar-refractivity contribution in [1.82, 2.24) is 19.7 Å². The Morgan fingerprint density at radius 1 is 0.912 bits per heavy atom. The number of anilines is 2. The number of amides is 4. The van der Waals surface area contributed by atoms with Crippen LogP contribution in [0.2, 0.25) is 0 Å². The van der Waals surface area contributed by atoms with Gasteiger partial charge in [-0.2, -0.15) is 0 Å². The Labute approximate surface area is 335 Å². The van der Waals surface area contributed by atoms with E-state index in [1.54, 1.807) is 18.1 Å². The van der Waals surface area contributed by atoms with Crippen molar-refractivity contribution in [1.29, 1.82) is 0 Å². The average Bonchev–Trinajstić information content (AvgIpc) is 3.68. The molecule has 4 amide bonds.